The molecular formula is C72H140O17P2. The summed E-state index contributed by atoms with van der Waals surface area (Å²) < 4.78 is 68.2. The number of aliphatic hydroxyl groups is 1. The summed E-state index contributed by atoms with van der Waals surface area (Å²) in [6.45, 7) is 9.49. The van der Waals surface area contributed by atoms with Crippen molar-refractivity contribution in [3.63, 3.8) is 0 Å². The molecule has 91 heavy (non-hydrogen) atoms. The van der Waals surface area contributed by atoms with Gasteiger partial charge in [-0.3, -0.25) is 37.3 Å². The molecule has 6 atom stereocenters. The number of ether oxygens (including phenoxy) is 4. The summed E-state index contributed by atoms with van der Waals surface area (Å²) >= 11 is 0. The van der Waals surface area contributed by atoms with Crippen LogP contribution in [0.25, 0.3) is 0 Å². The molecule has 0 aliphatic carbocycles. The van der Waals surface area contributed by atoms with E-state index in [0.29, 0.717) is 25.7 Å². The molecule has 0 aromatic heterocycles. The van der Waals surface area contributed by atoms with Gasteiger partial charge in [0.15, 0.2) is 12.2 Å². The molecular weight excluding hydrogens is 1200 g/mol. The van der Waals surface area contributed by atoms with Gasteiger partial charge in [0.1, 0.15) is 19.3 Å². The smallest absolute Gasteiger partial charge is 0.462 e. The molecule has 3 N–H and O–H groups in total. The second kappa shape index (κ2) is 64.1. The zero-order valence-electron chi connectivity index (χ0n) is 59.1. The van der Waals surface area contributed by atoms with Crippen molar-refractivity contribution in [1.82, 2.24) is 0 Å². The largest absolute Gasteiger partial charge is 0.472 e. The Morgan fingerprint density at radius 3 is 0.835 bits per heavy atom. The SMILES string of the molecule is CCCCCCCCCCCCCCCCCCCCCC(=O)O[C@H](COC(=O)CCCCCCCCCCCCC(C)CC)COP(=O)(O)OC[C@@H](O)COP(=O)(O)OC[C@@H](COC(=O)CCCCCCC)OC(=O)CCCCCCCCCCCCC(C)C. The molecule has 0 aromatic carbocycles. The van der Waals surface area contributed by atoms with E-state index in [1.807, 2.05) is 0 Å². The van der Waals surface area contributed by atoms with Crippen molar-refractivity contribution in [2.24, 2.45) is 11.8 Å². The maximum absolute atomic E-state index is 13.0. The normalized spacial score (nSPS) is 14.4. The molecule has 3 unspecified atom stereocenters. The monoisotopic (exact) mass is 1340 g/mol. The van der Waals surface area contributed by atoms with Crippen LogP contribution in [0.4, 0.5) is 0 Å². The van der Waals surface area contributed by atoms with Crippen molar-refractivity contribution in [1.29, 1.82) is 0 Å². The third-order valence-corrected chi connectivity index (χ3v) is 19.0. The van der Waals surface area contributed by atoms with Gasteiger partial charge >= 0.3 is 39.5 Å². The van der Waals surface area contributed by atoms with Crippen LogP contribution in [0.2, 0.25) is 0 Å². The molecule has 0 heterocycles. The molecule has 0 radical (unpaired) electrons. The minimum atomic E-state index is -4.95. The Hall–Kier alpha value is -1.94. The number of hydrogen-bond donors (Lipinski definition) is 3. The van der Waals surface area contributed by atoms with E-state index >= 15 is 0 Å². The first-order chi connectivity index (χ1) is 43.9. The summed E-state index contributed by atoms with van der Waals surface area (Å²) in [4.78, 5) is 72.4. The standard InChI is InChI=1S/C72H140O17P2/c1-7-10-12-14-15-16-17-18-19-20-21-22-23-24-25-33-38-44-50-56-72(77)89-68(61-83-70(75)55-49-43-37-32-29-27-31-36-42-47-53-65(6)9-3)63-87-91(80,81)85-59-66(73)58-84-90(78,79)86-62-67(60-82-69(74)54-48-40-13-11-8-2)88-71(76)57-51-45-39-34-28-26-30-35-41-46-52-64(4)5/h64-68,73H,7-63H2,1-6H3,(H,78,79)(H,80,81)/t65?,66-,67+,68+/m0/s1. The topological polar surface area (TPSA) is 237 Å². The number of carbonyl (C=O) groups is 4. The van der Waals surface area contributed by atoms with Crippen LogP contribution in [0.3, 0.4) is 0 Å². The van der Waals surface area contributed by atoms with Gasteiger partial charge in [0.25, 0.3) is 0 Å². The van der Waals surface area contributed by atoms with E-state index < -0.39 is 97.5 Å². The summed E-state index contributed by atoms with van der Waals surface area (Å²) in [5, 5.41) is 10.6. The van der Waals surface area contributed by atoms with Crippen molar-refractivity contribution >= 4 is 39.5 Å². The molecule has 0 amide bonds. The Kier molecular flexibility index (Phi) is 62.7. The van der Waals surface area contributed by atoms with Crippen molar-refractivity contribution in [2.75, 3.05) is 39.6 Å². The maximum Gasteiger partial charge on any atom is 0.472 e. The lowest BCUT2D eigenvalue weighted by molar-refractivity contribution is -0.161. The van der Waals surface area contributed by atoms with Gasteiger partial charge in [0, 0.05) is 25.7 Å². The number of unbranched alkanes of at least 4 members (excludes halogenated alkanes) is 40. The predicted molar refractivity (Wildman–Crippen MR) is 368 cm³/mol. The van der Waals surface area contributed by atoms with E-state index in [1.54, 1.807) is 0 Å². The Balaban J connectivity index is 5.15. The van der Waals surface area contributed by atoms with Crippen molar-refractivity contribution in [2.45, 2.75) is 387 Å². The van der Waals surface area contributed by atoms with Gasteiger partial charge in [0.05, 0.1) is 26.4 Å². The van der Waals surface area contributed by atoms with E-state index in [1.165, 1.54) is 180 Å². The Labute approximate surface area is 556 Å². The first-order valence-corrected chi connectivity index (χ1v) is 40.5. The van der Waals surface area contributed by atoms with Crippen LogP contribution in [0.1, 0.15) is 369 Å². The van der Waals surface area contributed by atoms with E-state index in [4.69, 9.17) is 37.0 Å². The first kappa shape index (κ1) is 89.1. The molecule has 540 valence electrons. The summed E-state index contributed by atoms with van der Waals surface area (Å²) in [7, 11) is -9.89. The number of carbonyl (C=O) groups excluding carboxylic acids is 4. The Morgan fingerprint density at radius 1 is 0.319 bits per heavy atom. The third kappa shape index (κ3) is 65.1. The van der Waals surface area contributed by atoms with Crippen LogP contribution in [0.15, 0.2) is 0 Å². The number of hydrogen-bond acceptors (Lipinski definition) is 15. The highest BCUT2D eigenvalue weighted by Crippen LogP contribution is 2.45. The number of phosphoric ester groups is 2. The van der Waals surface area contributed by atoms with Gasteiger partial charge < -0.3 is 33.8 Å². The van der Waals surface area contributed by atoms with E-state index in [9.17, 15) is 43.2 Å². The summed E-state index contributed by atoms with van der Waals surface area (Å²) in [6.07, 6.45) is 50.3. The third-order valence-electron chi connectivity index (χ3n) is 17.1. The van der Waals surface area contributed by atoms with Gasteiger partial charge in [-0.1, -0.05) is 318 Å². The van der Waals surface area contributed by atoms with Gasteiger partial charge in [0.2, 0.25) is 0 Å². The van der Waals surface area contributed by atoms with Gasteiger partial charge in [-0.05, 0) is 37.5 Å². The van der Waals surface area contributed by atoms with Gasteiger partial charge in [-0.2, -0.15) is 0 Å². The summed E-state index contributed by atoms with van der Waals surface area (Å²) in [5.41, 5.74) is 0. The number of rotatable bonds is 71. The Bertz CT molecular complexity index is 1770. The second-order valence-electron chi connectivity index (χ2n) is 26.7. The van der Waals surface area contributed by atoms with E-state index in [0.717, 1.165) is 108 Å². The zero-order valence-corrected chi connectivity index (χ0v) is 60.9. The van der Waals surface area contributed by atoms with E-state index in [2.05, 4.69) is 41.5 Å². The van der Waals surface area contributed by atoms with Crippen molar-refractivity contribution in [3.8, 4) is 0 Å². The van der Waals surface area contributed by atoms with Crippen LogP contribution in [0, 0.1) is 11.8 Å². The quantitative estimate of drug-likeness (QED) is 0.0222. The van der Waals surface area contributed by atoms with Crippen LogP contribution in [0.5, 0.6) is 0 Å². The molecule has 19 heteroatoms. The molecule has 0 aliphatic heterocycles. The average Bonchev–Trinajstić information content (AvgIpc) is 3.70. The molecule has 0 spiro atoms. The lowest BCUT2D eigenvalue weighted by atomic mass is 9.99. The fraction of sp³-hybridized carbons (Fsp3) is 0.944. The molecule has 0 bridgehead atoms. The number of phosphoric acid groups is 2. The highest BCUT2D eigenvalue weighted by molar-refractivity contribution is 7.47. The summed E-state index contributed by atoms with van der Waals surface area (Å²) in [5.74, 6) is -0.571. The fourth-order valence-electron chi connectivity index (χ4n) is 10.9. The van der Waals surface area contributed by atoms with Crippen LogP contribution in [-0.2, 0) is 65.4 Å². The molecule has 0 rings (SSSR count). The predicted octanol–water partition coefficient (Wildman–Crippen LogP) is 20.8. The van der Waals surface area contributed by atoms with E-state index in [-0.39, 0.29) is 25.7 Å². The molecule has 17 nitrogen and oxygen atoms in total. The Morgan fingerprint density at radius 2 is 0.560 bits per heavy atom. The minimum Gasteiger partial charge on any atom is -0.462 e. The van der Waals surface area contributed by atoms with Crippen molar-refractivity contribution in [3.05, 3.63) is 0 Å². The second-order valence-corrected chi connectivity index (χ2v) is 29.6. The van der Waals surface area contributed by atoms with Crippen LogP contribution in [-0.4, -0.2) is 96.7 Å². The van der Waals surface area contributed by atoms with Gasteiger partial charge in [-0.15, -0.1) is 0 Å². The molecule has 0 saturated heterocycles. The highest BCUT2D eigenvalue weighted by Gasteiger charge is 2.30. The van der Waals surface area contributed by atoms with Gasteiger partial charge in [-0.25, -0.2) is 9.13 Å². The van der Waals surface area contributed by atoms with Crippen molar-refractivity contribution < 1.29 is 80.2 Å². The zero-order chi connectivity index (χ0) is 67.2. The minimum absolute atomic E-state index is 0.105. The average molecular weight is 1340 g/mol. The molecule has 0 saturated carbocycles. The number of aliphatic hydroxyl groups excluding tert-OH is 1. The molecule has 0 aromatic rings. The molecule has 0 aliphatic rings. The van der Waals surface area contributed by atoms with Crippen LogP contribution >= 0.6 is 15.6 Å². The molecule has 0 fully saturated rings. The maximum atomic E-state index is 13.0. The summed E-state index contributed by atoms with van der Waals surface area (Å²) in [6, 6.07) is 0. The fourth-order valence-corrected chi connectivity index (χ4v) is 12.5. The van der Waals surface area contributed by atoms with Crippen LogP contribution < -0.4 is 0 Å². The lowest BCUT2D eigenvalue weighted by Gasteiger charge is -2.21. The highest BCUT2D eigenvalue weighted by atomic mass is 31.2. The first-order valence-electron chi connectivity index (χ1n) is 37.5. The lowest BCUT2D eigenvalue weighted by Crippen LogP contribution is -2.30. The number of esters is 4.